The second-order valence-corrected chi connectivity index (χ2v) is 10.5. The maximum absolute atomic E-state index is 2.38. The molecule has 3 heteroatoms. The third-order valence-corrected chi connectivity index (χ3v) is 4.68. The molecular weight excluding hydrogens is 278 g/mol. The van der Waals surface area contributed by atoms with Crippen LogP contribution in [0.1, 0.15) is 0 Å². The molecule has 0 bridgehead atoms. The standard InChI is InChI=1S/C10H18NSi.C5H5.Fe/c1-11(2)9-7-6-8-10(9)12(3,4)5;1-2-4-5-3-1;/h6-8H,1-5H3;1-5H;/q;;+2. The Morgan fingerprint density at radius 3 is 1.50 bits per heavy atom. The van der Waals surface area contributed by atoms with Crippen LogP contribution in [-0.4, -0.2) is 27.1 Å². The minimum absolute atomic E-state index is 0. The summed E-state index contributed by atoms with van der Waals surface area (Å²) in [4.78, 5) is 2.20. The van der Waals surface area contributed by atoms with Gasteiger partial charge in [-0.2, -0.15) is 0 Å². The van der Waals surface area contributed by atoms with Crippen molar-refractivity contribution < 1.29 is 17.1 Å². The summed E-state index contributed by atoms with van der Waals surface area (Å²) in [6, 6.07) is 1.40. The van der Waals surface area contributed by atoms with Gasteiger partial charge in [0, 0.05) is 6.04 Å². The number of nitrogens with zero attached hydrogens (tertiary/aromatic N) is 1. The van der Waals surface area contributed by atoms with Gasteiger partial charge in [0.2, 0.25) is 0 Å². The smallest absolute Gasteiger partial charge is 0.301 e. The molecule has 2 rings (SSSR count). The van der Waals surface area contributed by atoms with Crippen LogP contribution in [0.25, 0.3) is 0 Å². The molecule has 0 aromatic heterocycles. The molecule has 1 nitrogen and oxygen atoms in total. The minimum Gasteiger partial charge on any atom is -0.301 e. The summed E-state index contributed by atoms with van der Waals surface area (Å²) >= 11 is 0. The van der Waals surface area contributed by atoms with Crippen LogP contribution in [0.5, 0.6) is 0 Å². The van der Waals surface area contributed by atoms with Gasteiger partial charge in [0.05, 0.1) is 8.07 Å². The van der Waals surface area contributed by atoms with E-state index in [1.54, 1.807) is 5.54 Å². The molecule has 0 unspecified atom stereocenters. The van der Waals surface area contributed by atoms with Crippen LogP contribution in [-0.2, 0) is 17.1 Å². The molecule has 98 valence electrons. The van der Waals surface area contributed by atoms with E-state index < -0.39 is 8.07 Å². The van der Waals surface area contributed by atoms with Crippen LogP contribution < -0.4 is 0 Å². The fourth-order valence-corrected chi connectivity index (χ4v) is 3.43. The van der Waals surface area contributed by atoms with Crippen molar-refractivity contribution in [3.05, 3.63) is 62.9 Å². The molecule has 0 saturated heterocycles. The third-order valence-electron chi connectivity index (χ3n) is 2.64. The van der Waals surface area contributed by atoms with Crippen molar-refractivity contribution in [2.75, 3.05) is 14.1 Å². The van der Waals surface area contributed by atoms with Crippen molar-refractivity contribution in [2.24, 2.45) is 0 Å². The Morgan fingerprint density at radius 1 is 0.778 bits per heavy atom. The zero-order chi connectivity index (χ0) is 12.9. The van der Waals surface area contributed by atoms with Gasteiger partial charge in [-0.15, -0.1) is 0 Å². The zero-order valence-electron chi connectivity index (χ0n) is 11.9. The first kappa shape index (κ1) is 18.7. The average Bonchev–Trinajstić information content (AvgIpc) is 2.92. The van der Waals surface area contributed by atoms with E-state index in [0.29, 0.717) is 0 Å². The predicted octanol–water partition coefficient (Wildman–Crippen LogP) is 3.18. The van der Waals surface area contributed by atoms with Gasteiger partial charge in [-0.1, -0.05) is 19.6 Å². The normalized spacial score (nSPS) is 21.7. The molecule has 10 radical (unpaired) electrons. The summed E-state index contributed by atoms with van der Waals surface area (Å²) < 4.78 is 0. The van der Waals surface area contributed by atoms with Gasteiger partial charge in [0.25, 0.3) is 0 Å². The summed E-state index contributed by atoms with van der Waals surface area (Å²) in [5.41, 5.74) is 1.56. The van der Waals surface area contributed by atoms with Crippen molar-refractivity contribution >= 4 is 8.07 Å². The SMILES string of the molecule is CN(C)[C]1[CH][CH][CH][C]1[Si](C)(C)C.[CH]1[CH][CH][CH][CH]1.[Fe+2]. The fourth-order valence-electron chi connectivity index (χ4n) is 1.76. The molecular formula is C15H23FeNSi+2. The molecule has 2 fully saturated rings. The summed E-state index contributed by atoms with van der Waals surface area (Å²) in [5.74, 6) is 0. The van der Waals surface area contributed by atoms with Gasteiger partial charge < -0.3 is 4.90 Å². The van der Waals surface area contributed by atoms with Crippen LogP contribution >= 0.6 is 0 Å². The summed E-state index contributed by atoms with van der Waals surface area (Å²) in [5, 5.41) is 0. The van der Waals surface area contributed by atoms with E-state index in [1.807, 2.05) is 32.1 Å². The maximum Gasteiger partial charge on any atom is 2.00 e. The van der Waals surface area contributed by atoms with E-state index >= 15 is 0 Å². The molecule has 0 aliphatic heterocycles. The van der Waals surface area contributed by atoms with Crippen LogP contribution in [0.15, 0.2) is 0 Å². The van der Waals surface area contributed by atoms with Gasteiger partial charge in [-0.05, 0) is 71.0 Å². The van der Waals surface area contributed by atoms with Crippen molar-refractivity contribution in [2.45, 2.75) is 19.6 Å². The van der Waals surface area contributed by atoms with Crippen LogP contribution in [0.4, 0.5) is 0 Å². The van der Waals surface area contributed by atoms with Crippen LogP contribution in [0.2, 0.25) is 19.6 Å². The van der Waals surface area contributed by atoms with Crippen molar-refractivity contribution in [3.63, 3.8) is 0 Å². The van der Waals surface area contributed by atoms with E-state index in [-0.39, 0.29) is 17.1 Å². The Kier molecular flexibility index (Phi) is 9.13. The Labute approximate surface area is 127 Å². The maximum atomic E-state index is 2.38. The van der Waals surface area contributed by atoms with Crippen LogP contribution in [0.3, 0.4) is 0 Å². The van der Waals surface area contributed by atoms with E-state index in [9.17, 15) is 0 Å². The van der Waals surface area contributed by atoms with E-state index in [1.165, 1.54) is 6.04 Å². The molecule has 0 atom stereocenters. The second kappa shape index (κ2) is 8.79. The topological polar surface area (TPSA) is 3.24 Å². The van der Waals surface area contributed by atoms with Gasteiger partial charge in [-0.3, -0.25) is 0 Å². The van der Waals surface area contributed by atoms with Gasteiger partial charge in [0.1, 0.15) is 0 Å². The summed E-state index contributed by atoms with van der Waals surface area (Å²) in [7, 11) is 3.09. The second-order valence-electron chi connectivity index (χ2n) is 5.43. The zero-order valence-corrected chi connectivity index (χ0v) is 14.0. The molecule has 2 saturated carbocycles. The Bertz CT molecular complexity index is 201. The predicted molar refractivity (Wildman–Crippen MR) is 77.9 cm³/mol. The molecule has 18 heavy (non-hydrogen) atoms. The Morgan fingerprint density at radius 2 is 1.22 bits per heavy atom. The number of rotatable bonds is 2. The first-order valence-corrected chi connectivity index (χ1v) is 9.53. The van der Waals surface area contributed by atoms with Crippen LogP contribution in [0, 0.1) is 62.9 Å². The Balaban J connectivity index is 0.000000405. The molecule has 2 aliphatic rings. The molecule has 0 aromatic rings. The van der Waals surface area contributed by atoms with Gasteiger partial charge in [-0.25, -0.2) is 0 Å². The van der Waals surface area contributed by atoms with Crippen molar-refractivity contribution in [1.82, 2.24) is 4.90 Å². The first-order chi connectivity index (χ1) is 7.93. The molecule has 0 N–H and O–H groups in total. The largest absolute Gasteiger partial charge is 2.00 e. The van der Waals surface area contributed by atoms with Gasteiger partial charge in [0.15, 0.2) is 0 Å². The van der Waals surface area contributed by atoms with Crippen molar-refractivity contribution in [3.8, 4) is 0 Å². The van der Waals surface area contributed by atoms with Gasteiger partial charge >= 0.3 is 17.1 Å². The molecule has 0 amide bonds. The monoisotopic (exact) mass is 301 g/mol. The summed E-state index contributed by atoms with van der Waals surface area (Å²) in [6.07, 6.45) is 16.6. The van der Waals surface area contributed by atoms with E-state index in [4.69, 9.17) is 0 Å². The fraction of sp³-hybridized carbons (Fsp3) is 0.333. The minimum atomic E-state index is -1.13. The van der Waals surface area contributed by atoms with Crippen molar-refractivity contribution in [1.29, 1.82) is 0 Å². The molecule has 0 spiro atoms. The average molecular weight is 301 g/mol. The van der Waals surface area contributed by atoms with E-state index in [0.717, 1.165) is 0 Å². The number of hydrogen-bond donors (Lipinski definition) is 0. The Hall–Kier alpha value is 0.696. The van der Waals surface area contributed by atoms with E-state index in [2.05, 4.69) is 57.9 Å². The number of hydrogen-bond acceptors (Lipinski definition) is 1. The molecule has 2 aliphatic carbocycles. The summed E-state index contributed by atoms with van der Waals surface area (Å²) in [6.45, 7) is 7.15. The third kappa shape index (κ3) is 6.23. The quantitative estimate of drug-likeness (QED) is 0.708. The molecule has 0 aromatic carbocycles. The first-order valence-electron chi connectivity index (χ1n) is 6.03. The molecule has 0 heterocycles.